The SMILES string of the molecule is COc1nc(OCc2cccc(-c3cccc(COc4ccc(CN5C[C@H](O)C[C@@H]5C(=O)O)c(OC)n4)c3C)c2C)ccc1CN1C[C@H](O)C[C@@H]1C(=O)O. The van der Waals surface area contributed by atoms with Gasteiger partial charge in [0.05, 0.1) is 26.4 Å². The van der Waals surface area contributed by atoms with Crippen LogP contribution in [0.4, 0.5) is 0 Å². The number of carboxylic acids is 2. The summed E-state index contributed by atoms with van der Waals surface area (Å²) in [7, 11) is 3.01. The Morgan fingerprint density at radius 1 is 0.648 bits per heavy atom. The third-order valence-corrected chi connectivity index (χ3v) is 10.2. The van der Waals surface area contributed by atoms with Gasteiger partial charge in [0.2, 0.25) is 23.5 Å². The maximum Gasteiger partial charge on any atom is 0.321 e. The minimum Gasteiger partial charge on any atom is -0.481 e. The molecule has 286 valence electrons. The molecular formula is C40H46N4O10. The zero-order valence-electron chi connectivity index (χ0n) is 30.8. The Balaban J connectivity index is 1.11. The van der Waals surface area contributed by atoms with E-state index in [2.05, 4.69) is 35.9 Å². The molecule has 4 atom stereocenters. The number of nitrogens with zero attached hydrogens (tertiary/aromatic N) is 4. The first-order valence-corrected chi connectivity index (χ1v) is 17.8. The number of aliphatic hydroxyl groups excluding tert-OH is 2. The van der Waals surface area contributed by atoms with Crippen LogP contribution in [-0.2, 0) is 35.9 Å². The number of aromatic nitrogens is 2. The summed E-state index contributed by atoms with van der Waals surface area (Å²) in [4.78, 5) is 35.8. The van der Waals surface area contributed by atoms with Crippen molar-refractivity contribution in [2.24, 2.45) is 0 Å². The van der Waals surface area contributed by atoms with Gasteiger partial charge in [-0.3, -0.25) is 19.4 Å². The van der Waals surface area contributed by atoms with E-state index in [0.717, 1.165) is 33.4 Å². The van der Waals surface area contributed by atoms with Crippen LogP contribution in [0.2, 0.25) is 0 Å². The quantitative estimate of drug-likeness (QED) is 0.137. The molecule has 0 spiro atoms. The monoisotopic (exact) mass is 742 g/mol. The van der Waals surface area contributed by atoms with Crippen LogP contribution in [0, 0.1) is 13.8 Å². The molecule has 6 rings (SSSR count). The van der Waals surface area contributed by atoms with Crippen molar-refractivity contribution < 1.29 is 49.0 Å². The van der Waals surface area contributed by atoms with Gasteiger partial charge in [-0.25, -0.2) is 0 Å². The zero-order valence-corrected chi connectivity index (χ0v) is 30.8. The molecule has 4 heterocycles. The summed E-state index contributed by atoms with van der Waals surface area (Å²) in [5, 5.41) is 39.2. The van der Waals surface area contributed by atoms with Crippen LogP contribution < -0.4 is 18.9 Å². The number of pyridine rings is 2. The van der Waals surface area contributed by atoms with Crippen molar-refractivity contribution in [3.8, 4) is 34.6 Å². The number of methoxy groups -OCH3 is 2. The van der Waals surface area contributed by atoms with Gasteiger partial charge in [-0.2, -0.15) is 9.97 Å². The summed E-state index contributed by atoms with van der Waals surface area (Å²) in [5.41, 5.74) is 7.54. The molecule has 2 fully saturated rings. The molecule has 2 aromatic heterocycles. The first-order chi connectivity index (χ1) is 25.9. The zero-order chi connectivity index (χ0) is 38.5. The highest BCUT2D eigenvalue weighted by atomic mass is 16.5. The molecule has 2 saturated heterocycles. The number of carbonyl (C=O) groups is 2. The second-order valence-corrected chi connectivity index (χ2v) is 13.7. The molecule has 0 radical (unpaired) electrons. The van der Waals surface area contributed by atoms with Crippen molar-refractivity contribution in [1.82, 2.24) is 19.8 Å². The van der Waals surface area contributed by atoms with Crippen LogP contribution in [0.15, 0.2) is 60.7 Å². The van der Waals surface area contributed by atoms with Crippen LogP contribution in [-0.4, -0.2) is 104 Å². The fraction of sp³-hybridized carbons (Fsp3) is 0.400. The minimum atomic E-state index is -0.969. The number of aliphatic carboxylic acids is 2. The van der Waals surface area contributed by atoms with Crippen LogP contribution >= 0.6 is 0 Å². The lowest BCUT2D eigenvalue weighted by atomic mass is 9.92. The normalized spacial score (nSPS) is 20.2. The number of hydrogen-bond donors (Lipinski definition) is 4. The van der Waals surface area contributed by atoms with Gasteiger partial charge in [0.1, 0.15) is 25.3 Å². The number of rotatable bonds is 15. The van der Waals surface area contributed by atoms with E-state index in [-0.39, 0.29) is 52.2 Å². The van der Waals surface area contributed by atoms with Crippen molar-refractivity contribution in [3.05, 3.63) is 94.0 Å². The minimum absolute atomic E-state index is 0.178. The van der Waals surface area contributed by atoms with Crippen molar-refractivity contribution in [2.75, 3.05) is 27.3 Å². The Morgan fingerprint density at radius 3 is 1.43 bits per heavy atom. The summed E-state index contributed by atoms with van der Waals surface area (Å²) in [5.74, 6) is -0.542. The predicted octanol–water partition coefficient (Wildman–Crippen LogP) is 3.98. The molecule has 4 aromatic rings. The topological polar surface area (TPSA) is 184 Å². The smallest absolute Gasteiger partial charge is 0.321 e. The number of likely N-dealkylation sites (tertiary alicyclic amines) is 2. The van der Waals surface area contributed by atoms with Crippen LogP contribution in [0.5, 0.6) is 23.5 Å². The lowest BCUT2D eigenvalue weighted by molar-refractivity contribution is -0.143. The summed E-state index contributed by atoms with van der Waals surface area (Å²) in [6.07, 6.45) is -1.04. The molecule has 2 aromatic carbocycles. The number of aliphatic hydroxyl groups is 2. The Bertz CT molecular complexity index is 1850. The number of benzene rings is 2. The molecule has 2 aliphatic rings. The molecule has 14 nitrogen and oxygen atoms in total. The highest BCUT2D eigenvalue weighted by molar-refractivity contribution is 5.75. The summed E-state index contributed by atoms with van der Waals surface area (Å²) >= 11 is 0. The van der Waals surface area contributed by atoms with E-state index >= 15 is 0 Å². The first kappa shape index (κ1) is 38.4. The average Bonchev–Trinajstić information content (AvgIpc) is 3.72. The van der Waals surface area contributed by atoms with Gasteiger partial charge in [0.15, 0.2) is 0 Å². The Hall–Kier alpha value is -5.28. The third-order valence-electron chi connectivity index (χ3n) is 10.2. The van der Waals surface area contributed by atoms with Gasteiger partial charge in [0.25, 0.3) is 0 Å². The lowest BCUT2D eigenvalue weighted by Crippen LogP contribution is -2.35. The summed E-state index contributed by atoms with van der Waals surface area (Å²) < 4.78 is 23.3. The van der Waals surface area contributed by atoms with Crippen molar-refractivity contribution in [2.45, 2.75) is 77.3 Å². The van der Waals surface area contributed by atoms with Crippen molar-refractivity contribution in [1.29, 1.82) is 0 Å². The van der Waals surface area contributed by atoms with Crippen LogP contribution in [0.3, 0.4) is 0 Å². The van der Waals surface area contributed by atoms with E-state index in [0.29, 0.717) is 34.6 Å². The Morgan fingerprint density at radius 2 is 1.06 bits per heavy atom. The van der Waals surface area contributed by atoms with Crippen LogP contribution in [0.1, 0.15) is 46.2 Å². The maximum absolute atomic E-state index is 11.7. The molecule has 0 unspecified atom stereocenters. The van der Waals surface area contributed by atoms with Crippen molar-refractivity contribution >= 4 is 11.9 Å². The molecule has 0 amide bonds. The number of β-amino-alcohol motifs (C(OH)–C–C–N with tert-alkyl or cyclic N) is 2. The predicted molar refractivity (Wildman–Crippen MR) is 197 cm³/mol. The molecular weight excluding hydrogens is 696 g/mol. The van der Waals surface area contributed by atoms with E-state index < -0.39 is 36.2 Å². The van der Waals surface area contributed by atoms with E-state index in [1.807, 2.05) is 36.4 Å². The van der Waals surface area contributed by atoms with Gasteiger partial charge in [0, 0.05) is 62.3 Å². The second kappa shape index (κ2) is 16.8. The highest BCUT2D eigenvalue weighted by Crippen LogP contribution is 2.33. The molecule has 0 bridgehead atoms. The largest absolute Gasteiger partial charge is 0.481 e. The lowest BCUT2D eigenvalue weighted by Gasteiger charge is -2.22. The maximum atomic E-state index is 11.7. The number of hydrogen-bond acceptors (Lipinski definition) is 12. The fourth-order valence-electron chi connectivity index (χ4n) is 7.29. The molecule has 2 aliphatic heterocycles. The summed E-state index contributed by atoms with van der Waals surface area (Å²) in [6, 6.07) is 17.7. The molecule has 14 heteroatoms. The first-order valence-electron chi connectivity index (χ1n) is 17.8. The highest BCUT2D eigenvalue weighted by Gasteiger charge is 2.37. The van der Waals surface area contributed by atoms with Gasteiger partial charge < -0.3 is 39.4 Å². The van der Waals surface area contributed by atoms with Crippen LogP contribution in [0.25, 0.3) is 11.1 Å². The van der Waals surface area contributed by atoms with E-state index in [1.165, 1.54) is 14.2 Å². The van der Waals surface area contributed by atoms with E-state index in [1.54, 1.807) is 21.9 Å². The Labute approximate surface area is 313 Å². The van der Waals surface area contributed by atoms with E-state index in [4.69, 9.17) is 18.9 Å². The molecule has 0 saturated carbocycles. The number of ether oxygens (including phenoxy) is 4. The third kappa shape index (κ3) is 8.57. The number of carboxylic acid groups (broad SMARTS) is 2. The van der Waals surface area contributed by atoms with Gasteiger partial charge >= 0.3 is 11.9 Å². The average molecular weight is 743 g/mol. The van der Waals surface area contributed by atoms with Gasteiger partial charge in [-0.15, -0.1) is 0 Å². The second-order valence-electron chi connectivity index (χ2n) is 13.7. The van der Waals surface area contributed by atoms with E-state index in [9.17, 15) is 30.0 Å². The molecule has 0 aliphatic carbocycles. The fourth-order valence-corrected chi connectivity index (χ4v) is 7.29. The summed E-state index contributed by atoms with van der Waals surface area (Å²) in [6.45, 7) is 5.68. The standard InChI is InChI=1S/C40H46N4O10/c1-23-27(21-53-35-13-11-25(37(41-35)51-3)17-43-19-29(45)15-33(43)39(47)48)7-5-9-31(23)32-10-6-8-28(24(32)2)22-54-36-14-12-26(38(42-36)52-4)18-44-20-30(46)16-34(44)40(49)50/h5-14,29-30,33-34,45-46H,15-22H2,1-4H3,(H,47,48)(H,49,50)/t29-,30-,33-,34-/m1/s1. The van der Waals surface area contributed by atoms with Gasteiger partial charge in [-0.1, -0.05) is 36.4 Å². The molecule has 4 N–H and O–H groups in total. The van der Waals surface area contributed by atoms with Gasteiger partial charge in [-0.05, 0) is 59.4 Å². The Kier molecular flexibility index (Phi) is 12.0. The molecule has 54 heavy (non-hydrogen) atoms. The van der Waals surface area contributed by atoms with Crippen molar-refractivity contribution in [3.63, 3.8) is 0 Å².